The lowest BCUT2D eigenvalue weighted by Crippen LogP contribution is -1.86. The van der Waals surface area contributed by atoms with Crippen LogP contribution >= 0.6 is 11.6 Å². The van der Waals surface area contributed by atoms with Crippen molar-refractivity contribution >= 4 is 11.6 Å². The summed E-state index contributed by atoms with van der Waals surface area (Å²) in [7, 11) is 0. The number of azide groups is 1. The van der Waals surface area contributed by atoms with E-state index in [4.69, 9.17) is 17.1 Å². The molecule has 1 rings (SSSR count). The molecule has 0 bridgehead atoms. The number of pyridine rings is 1. The Kier molecular flexibility index (Phi) is 4.42. The van der Waals surface area contributed by atoms with Crippen LogP contribution in [0, 0.1) is 17.7 Å². The molecular weight excluding hydrogens is 219 g/mol. The maximum absolute atomic E-state index is 13.0. The Labute approximate surface area is 90.7 Å². The number of halogens is 2. The lowest BCUT2D eigenvalue weighted by molar-refractivity contribution is 0.618. The monoisotopic (exact) mass is 224 g/mol. The molecule has 1 aromatic rings. The fourth-order valence-corrected chi connectivity index (χ4v) is 0.975. The lowest BCUT2D eigenvalue weighted by atomic mass is 10.2. The van der Waals surface area contributed by atoms with Gasteiger partial charge >= 0.3 is 0 Å². The van der Waals surface area contributed by atoms with Crippen molar-refractivity contribution in [3.8, 4) is 11.8 Å². The minimum absolute atomic E-state index is 0.191. The van der Waals surface area contributed by atoms with Crippen LogP contribution in [0.5, 0.6) is 0 Å². The second-order valence-corrected chi connectivity index (χ2v) is 2.88. The van der Waals surface area contributed by atoms with E-state index in [1.807, 2.05) is 0 Å². The summed E-state index contributed by atoms with van der Waals surface area (Å²) in [6.07, 6.45) is 1.39. The number of rotatable bonds is 2. The van der Waals surface area contributed by atoms with Gasteiger partial charge in [-0.15, -0.1) is 0 Å². The van der Waals surface area contributed by atoms with Crippen molar-refractivity contribution in [1.82, 2.24) is 4.98 Å². The van der Waals surface area contributed by atoms with Crippen molar-refractivity contribution < 1.29 is 4.39 Å². The molecule has 15 heavy (non-hydrogen) atoms. The van der Waals surface area contributed by atoms with Gasteiger partial charge in [0.15, 0.2) is 5.82 Å². The zero-order chi connectivity index (χ0) is 11.1. The summed E-state index contributed by atoms with van der Waals surface area (Å²) in [5, 5.41) is 3.48. The zero-order valence-electron chi connectivity index (χ0n) is 7.61. The molecule has 0 atom stereocenters. The number of nitrogens with zero attached hydrogens (tertiary/aromatic N) is 4. The third-order valence-corrected chi connectivity index (χ3v) is 1.65. The van der Waals surface area contributed by atoms with Crippen molar-refractivity contribution in [3.05, 3.63) is 39.2 Å². The largest absolute Gasteiger partial charge is 0.241 e. The van der Waals surface area contributed by atoms with Gasteiger partial charge in [0.1, 0.15) is 5.15 Å². The van der Waals surface area contributed by atoms with Gasteiger partial charge < -0.3 is 0 Å². The Hall–Kier alpha value is -1.76. The number of hydrogen-bond donors (Lipinski definition) is 0. The normalized spacial score (nSPS) is 8.67. The summed E-state index contributed by atoms with van der Waals surface area (Å²) in [5.74, 6) is 4.73. The summed E-state index contributed by atoms with van der Waals surface area (Å²) in [5.41, 5.74) is 8.18. The topological polar surface area (TPSA) is 61.7 Å². The Morgan fingerprint density at radius 3 is 3.20 bits per heavy atom. The molecule has 0 amide bonds. The van der Waals surface area contributed by atoms with Crippen LogP contribution in [0.25, 0.3) is 10.4 Å². The maximum Gasteiger partial charge on any atom is 0.157 e. The minimum Gasteiger partial charge on any atom is -0.241 e. The van der Waals surface area contributed by atoms with Crippen LogP contribution in [-0.2, 0) is 0 Å². The third kappa shape index (κ3) is 3.86. The second-order valence-electron chi connectivity index (χ2n) is 2.49. The van der Waals surface area contributed by atoms with E-state index in [2.05, 4.69) is 26.9 Å². The molecule has 1 heterocycles. The standard InChI is InChI=1S/C9H6ClFN4/c10-9-5-7(8(11)6-13-9)3-1-2-4-14-15-12/h5-6H,2,4H2. The molecule has 76 valence electrons. The van der Waals surface area contributed by atoms with Gasteiger partial charge in [0.25, 0.3) is 0 Å². The Balaban J connectivity index is 2.70. The lowest BCUT2D eigenvalue weighted by Gasteiger charge is -1.93. The fraction of sp³-hybridized carbons (Fsp3) is 0.222. The van der Waals surface area contributed by atoms with Gasteiger partial charge in [-0.1, -0.05) is 28.6 Å². The Bertz CT molecular complexity index is 457. The van der Waals surface area contributed by atoms with Crippen LogP contribution in [0.3, 0.4) is 0 Å². The van der Waals surface area contributed by atoms with Crippen molar-refractivity contribution in [2.75, 3.05) is 6.54 Å². The van der Waals surface area contributed by atoms with E-state index >= 15 is 0 Å². The molecule has 6 heteroatoms. The highest BCUT2D eigenvalue weighted by atomic mass is 35.5. The van der Waals surface area contributed by atoms with Gasteiger partial charge in [0, 0.05) is 17.9 Å². The first-order valence-corrected chi connectivity index (χ1v) is 4.42. The van der Waals surface area contributed by atoms with Gasteiger partial charge in [0.05, 0.1) is 11.8 Å². The van der Waals surface area contributed by atoms with Gasteiger partial charge in [-0.2, -0.15) is 0 Å². The van der Waals surface area contributed by atoms with E-state index in [0.717, 1.165) is 6.20 Å². The van der Waals surface area contributed by atoms with Gasteiger partial charge in [-0.25, -0.2) is 9.37 Å². The minimum atomic E-state index is -0.518. The first kappa shape index (κ1) is 11.3. The highest BCUT2D eigenvalue weighted by Gasteiger charge is 1.99. The maximum atomic E-state index is 13.0. The first-order valence-electron chi connectivity index (χ1n) is 4.05. The summed E-state index contributed by atoms with van der Waals surface area (Å²) in [4.78, 5) is 6.12. The molecule has 0 unspecified atom stereocenters. The van der Waals surface area contributed by atoms with Crippen LogP contribution < -0.4 is 0 Å². The van der Waals surface area contributed by atoms with E-state index in [1.165, 1.54) is 6.07 Å². The van der Waals surface area contributed by atoms with Crippen molar-refractivity contribution in [3.63, 3.8) is 0 Å². The van der Waals surface area contributed by atoms with Crippen molar-refractivity contribution in [2.24, 2.45) is 5.11 Å². The molecule has 0 saturated carbocycles. The molecule has 0 aliphatic rings. The Morgan fingerprint density at radius 1 is 1.67 bits per heavy atom. The number of hydrogen-bond acceptors (Lipinski definition) is 2. The molecule has 0 spiro atoms. The molecule has 4 nitrogen and oxygen atoms in total. The van der Waals surface area contributed by atoms with E-state index in [0.29, 0.717) is 6.42 Å². The molecule has 0 N–H and O–H groups in total. The first-order chi connectivity index (χ1) is 7.24. The highest BCUT2D eigenvalue weighted by Crippen LogP contribution is 2.10. The molecule has 0 radical (unpaired) electrons. The van der Waals surface area contributed by atoms with Gasteiger partial charge in [-0.3, -0.25) is 0 Å². The second kappa shape index (κ2) is 5.86. The smallest absolute Gasteiger partial charge is 0.157 e. The quantitative estimate of drug-likeness (QED) is 0.190. The SMILES string of the molecule is [N-]=[N+]=NCCC#Cc1cc(Cl)ncc1F. The fourth-order valence-electron chi connectivity index (χ4n) is 0.817. The zero-order valence-corrected chi connectivity index (χ0v) is 8.37. The molecule has 0 aromatic carbocycles. The summed E-state index contributed by atoms with van der Waals surface area (Å²) in [6, 6.07) is 1.34. The predicted octanol–water partition coefficient (Wildman–Crippen LogP) is 2.93. The third-order valence-electron chi connectivity index (χ3n) is 1.45. The van der Waals surface area contributed by atoms with E-state index in [1.54, 1.807) is 0 Å². The molecule has 0 saturated heterocycles. The summed E-state index contributed by atoms with van der Waals surface area (Å²) < 4.78 is 13.0. The molecule has 1 aromatic heterocycles. The van der Waals surface area contributed by atoms with Crippen LogP contribution in [0.2, 0.25) is 5.15 Å². The average Bonchev–Trinajstić information content (AvgIpc) is 2.23. The highest BCUT2D eigenvalue weighted by molar-refractivity contribution is 6.29. The van der Waals surface area contributed by atoms with Crippen molar-refractivity contribution in [2.45, 2.75) is 6.42 Å². The molecule has 0 fully saturated rings. The van der Waals surface area contributed by atoms with Crippen molar-refractivity contribution in [1.29, 1.82) is 0 Å². The average molecular weight is 225 g/mol. The summed E-state index contributed by atoms with van der Waals surface area (Å²) in [6.45, 7) is 0.268. The van der Waals surface area contributed by atoms with Gasteiger partial charge in [0.2, 0.25) is 0 Å². The molecule has 0 aliphatic heterocycles. The van der Waals surface area contributed by atoms with Crippen LogP contribution in [0.15, 0.2) is 17.4 Å². The van der Waals surface area contributed by atoms with Gasteiger partial charge in [-0.05, 0) is 11.6 Å². The summed E-state index contributed by atoms with van der Waals surface area (Å²) >= 11 is 5.57. The predicted molar refractivity (Wildman–Crippen MR) is 54.7 cm³/mol. The van der Waals surface area contributed by atoms with Crippen LogP contribution in [-0.4, -0.2) is 11.5 Å². The van der Waals surface area contributed by atoms with E-state index < -0.39 is 5.82 Å². The molecular formula is C9H6ClFN4. The van der Waals surface area contributed by atoms with E-state index in [9.17, 15) is 4.39 Å². The van der Waals surface area contributed by atoms with Crippen LogP contribution in [0.1, 0.15) is 12.0 Å². The van der Waals surface area contributed by atoms with Crippen LogP contribution in [0.4, 0.5) is 4.39 Å². The molecule has 0 aliphatic carbocycles. The number of aromatic nitrogens is 1. The van der Waals surface area contributed by atoms with E-state index in [-0.39, 0.29) is 17.3 Å². The Morgan fingerprint density at radius 2 is 2.47 bits per heavy atom.